The maximum atomic E-state index is 12.3. The van der Waals surface area contributed by atoms with Crippen LogP contribution in [0.2, 0.25) is 0 Å². The zero-order valence-corrected chi connectivity index (χ0v) is 15.8. The van der Waals surface area contributed by atoms with E-state index in [0.717, 1.165) is 32.5 Å². The second kappa shape index (κ2) is 7.56. The van der Waals surface area contributed by atoms with E-state index in [-0.39, 0.29) is 11.5 Å². The number of piperidine rings is 1. The lowest BCUT2D eigenvalue weighted by molar-refractivity contribution is 0.00652. The summed E-state index contributed by atoms with van der Waals surface area (Å²) in [5.41, 5.74) is 0.935. The van der Waals surface area contributed by atoms with Gasteiger partial charge in [-0.2, -0.15) is 0 Å². The van der Waals surface area contributed by atoms with Crippen LogP contribution < -0.4 is 5.32 Å². The molecule has 4 heteroatoms. The van der Waals surface area contributed by atoms with Crippen molar-refractivity contribution in [3.63, 3.8) is 0 Å². The van der Waals surface area contributed by atoms with Crippen molar-refractivity contribution in [3.8, 4) is 0 Å². The van der Waals surface area contributed by atoms with Gasteiger partial charge in [0.15, 0.2) is 0 Å². The first-order valence-electron chi connectivity index (χ1n) is 8.95. The maximum absolute atomic E-state index is 12.3. The highest BCUT2D eigenvalue weighted by atomic mass is 16.6. The molecule has 1 aromatic carbocycles. The second-order valence-corrected chi connectivity index (χ2v) is 8.33. The van der Waals surface area contributed by atoms with Gasteiger partial charge in [0.1, 0.15) is 5.60 Å². The molecule has 0 saturated carbocycles. The van der Waals surface area contributed by atoms with Gasteiger partial charge < -0.3 is 15.0 Å². The predicted octanol–water partition coefficient (Wildman–Crippen LogP) is 4.37. The summed E-state index contributed by atoms with van der Waals surface area (Å²) >= 11 is 0. The molecule has 1 N–H and O–H groups in total. The normalized spacial score (nSPS) is 23.0. The van der Waals surface area contributed by atoms with E-state index >= 15 is 0 Å². The van der Waals surface area contributed by atoms with E-state index in [1.807, 2.05) is 31.7 Å². The van der Waals surface area contributed by atoms with E-state index in [1.165, 1.54) is 5.56 Å². The lowest BCUT2D eigenvalue weighted by atomic mass is 9.81. The Bertz CT molecular complexity index is 538. The van der Waals surface area contributed by atoms with E-state index < -0.39 is 5.60 Å². The molecule has 1 aromatic rings. The third kappa shape index (κ3) is 5.52. The van der Waals surface area contributed by atoms with Gasteiger partial charge in [-0.05, 0) is 51.5 Å². The summed E-state index contributed by atoms with van der Waals surface area (Å²) in [5, 5.41) is 3.64. The molecule has 134 valence electrons. The van der Waals surface area contributed by atoms with Crippen LogP contribution in [0.1, 0.15) is 59.1 Å². The average molecular weight is 332 g/mol. The number of carbonyl (C=O) groups is 1. The Morgan fingerprint density at radius 1 is 1.33 bits per heavy atom. The van der Waals surface area contributed by atoms with Crippen molar-refractivity contribution in [1.29, 1.82) is 0 Å². The van der Waals surface area contributed by atoms with Crippen molar-refractivity contribution in [2.45, 2.75) is 59.1 Å². The van der Waals surface area contributed by atoms with Crippen molar-refractivity contribution in [2.75, 3.05) is 19.6 Å². The predicted molar refractivity (Wildman–Crippen MR) is 98.0 cm³/mol. The van der Waals surface area contributed by atoms with Gasteiger partial charge in [-0.15, -0.1) is 0 Å². The molecule has 1 amide bonds. The van der Waals surface area contributed by atoms with Crippen LogP contribution in [0.3, 0.4) is 0 Å². The van der Waals surface area contributed by atoms with Gasteiger partial charge in [-0.1, -0.05) is 37.3 Å². The molecule has 1 heterocycles. The minimum atomic E-state index is -0.439. The monoisotopic (exact) mass is 332 g/mol. The highest BCUT2D eigenvalue weighted by molar-refractivity contribution is 5.68. The summed E-state index contributed by atoms with van der Waals surface area (Å²) < 4.78 is 5.53. The van der Waals surface area contributed by atoms with Gasteiger partial charge in [-0.3, -0.25) is 0 Å². The molecule has 24 heavy (non-hydrogen) atoms. The van der Waals surface area contributed by atoms with Gasteiger partial charge in [0, 0.05) is 25.7 Å². The number of nitrogens with zero attached hydrogens (tertiary/aromatic N) is 1. The molecule has 1 aliphatic rings. The molecule has 1 aliphatic heterocycles. The van der Waals surface area contributed by atoms with Crippen molar-refractivity contribution in [1.82, 2.24) is 10.2 Å². The van der Waals surface area contributed by atoms with Gasteiger partial charge in [0.2, 0.25) is 0 Å². The summed E-state index contributed by atoms with van der Waals surface area (Å²) in [6.07, 6.45) is 1.96. The van der Waals surface area contributed by atoms with Crippen LogP contribution in [0, 0.1) is 5.41 Å². The Kier molecular flexibility index (Phi) is 5.92. The summed E-state index contributed by atoms with van der Waals surface area (Å²) in [6, 6.07) is 10.8. The first-order chi connectivity index (χ1) is 11.2. The smallest absolute Gasteiger partial charge is 0.410 e. The number of amides is 1. The lowest BCUT2D eigenvalue weighted by Crippen LogP contribution is -2.50. The Balaban J connectivity index is 1.91. The number of rotatable bonds is 4. The van der Waals surface area contributed by atoms with Crippen molar-refractivity contribution < 1.29 is 9.53 Å². The summed E-state index contributed by atoms with van der Waals surface area (Å²) in [6.45, 7) is 12.6. The number of carbonyl (C=O) groups excluding carboxylic acids is 1. The highest BCUT2D eigenvalue weighted by Gasteiger charge is 2.35. The molecule has 0 spiro atoms. The fourth-order valence-electron chi connectivity index (χ4n) is 3.20. The molecule has 4 nitrogen and oxygen atoms in total. The zero-order chi connectivity index (χ0) is 17.8. The molecule has 2 unspecified atom stereocenters. The molecule has 1 saturated heterocycles. The van der Waals surface area contributed by atoms with Crippen LogP contribution in [-0.2, 0) is 4.74 Å². The highest BCUT2D eigenvalue weighted by Crippen LogP contribution is 2.30. The largest absolute Gasteiger partial charge is 0.444 e. The van der Waals surface area contributed by atoms with E-state index in [2.05, 4.69) is 43.4 Å². The number of hydrogen-bond donors (Lipinski definition) is 1. The standard InChI is InChI=1S/C20H32N2O2/c1-16(17-10-7-6-8-11-17)21-14-20(5)12-9-13-22(15-20)18(23)24-19(2,3)4/h6-8,10-11,16,21H,9,12-15H2,1-5H3. The molecule has 0 radical (unpaired) electrons. The number of nitrogens with one attached hydrogen (secondary N) is 1. The van der Waals surface area contributed by atoms with Gasteiger partial charge in [-0.25, -0.2) is 4.79 Å². The van der Waals surface area contributed by atoms with Crippen LogP contribution in [0.15, 0.2) is 30.3 Å². The van der Waals surface area contributed by atoms with Crippen molar-refractivity contribution in [3.05, 3.63) is 35.9 Å². The number of likely N-dealkylation sites (tertiary alicyclic amines) is 1. The van der Waals surface area contributed by atoms with Gasteiger partial charge in [0.05, 0.1) is 0 Å². The second-order valence-electron chi connectivity index (χ2n) is 8.33. The van der Waals surface area contributed by atoms with E-state index in [1.54, 1.807) is 0 Å². The Labute approximate surface area is 146 Å². The van der Waals surface area contributed by atoms with E-state index in [9.17, 15) is 4.79 Å². The van der Waals surface area contributed by atoms with Crippen molar-refractivity contribution >= 4 is 6.09 Å². The molecule has 2 rings (SSSR count). The fourth-order valence-corrected chi connectivity index (χ4v) is 3.20. The van der Waals surface area contributed by atoms with Crippen LogP contribution in [-0.4, -0.2) is 36.2 Å². The van der Waals surface area contributed by atoms with Crippen LogP contribution in [0.25, 0.3) is 0 Å². The summed E-state index contributed by atoms with van der Waals surface area (Å²) in [5.74, 6) is 0. The molecular formula is C20H32N2O2. The average Bonchev–Trinajstić information content (AvgIpc) is 2.52. The molecule has 0 aromatic heterocycles. The molecule has 0 bridgehead atoms. The minimum Gasteiger partial charge on any atom is -0.444 e. The molecule has 1 fully saturated rings. The van der Waals surface area contributed by atoms with Crippen LogP contribution in [0.5, 0.6) is 0 Å². The Morgan fingerprint density at radius 3 is 2.62 bits per heavy atom. The maximum Gasteiger partial charge on any atom is 0.410 e. The topological polar surface area (TPSA) is 41.6 Å². The van der Waals surface area contributed by atoms with E-state index in [0.29, 0.717) is 6.04 Å². The number of benzene rings is 1. The number of hydrogen-bond acceptors (Lipinski definition) is 3. The van der Waals surface area contributed by atoms with E-state index in [4.69, 9.17) is 4.74 Å². The SMILES string of the molecule is CC(NCC1(C)CCCN(C(=O)OC(C)(C)C)C1)c1ccccc1. The van der Waals surface area contributed by atoms with Gasteiger partial charge >= 0.3 is 6.09 Å². The first-order valence-corrected chi connectivity index (χ1v) is 8.95. The summed E-state index contributed by atoms with van der Waals surface area (Å²) in [7, 11) is 0. The third-order valence-electron chi connectivity index (χ3n) is 4.57. The molecular weight excluding hydrogens is 300 g/mol. The van der Waals surface area contributed by atoms with Crippen LogP contribution >= 0.6 is 0 Å². The fraction of sp³-hybridized carbons (Fsp3) is 0.650. The lowest BCUT2D eigenvalue weighted by Gasteiger charge is -2.41. The Hall–Kier alpha value is -1.55. The Morgan fingerprint density at radius 2 is 2.00 bits per heavy atom. The summed E-state index contributed by atoms with van der Waals surface area (Å²) in [4.78, 5) is 14.2. The van der Waals surface area contributed by atoms with Gasteiger partial charge in [0.25, 0.3) is 0 Å². The quantitative estimate of drug-likeness (QED) is 0.890. The first kappa shape index (κ1) is 18.8. The molecule has 0 aliphatic carbocycles. The zero-order valence-electron chi connectivity index (χ0n) is 15.8. The molecule has 2 atom stereocenters. The third-order valence-corrected chi connectivity index (χ3v) is 4.57. The van der Waals surface area contributed by atoms with Crippen molar-refractivity contribution in [2.24, 2.45) is 5.41 Å². The minimum absolute atomic E-state index is 0.0815. The van der Waals surface area contributed by atoms with Crippen LogP contribution in [0.4, 0.5) is 4.79 Å². The number of ether oxygens (including phenoxy) is 1.